The van der Waals surface area contributed by atoms with Gasteiger partial charge in [0.05, 0.1) is 6.33 Å². The van der Waals surface area contributed by atoms with Gasteiger partial charge in [0.25, 0.3) is 0 Å². The summed E-state index contributed by atoms with van der Waals surface area (Å²) >= 11 is 0. The largest absolute Gasteiger partial charge is 0.334 e. The molecule has 0 saturated carbocycles. The van der Waals surface area contributed by atoms with Gasteiger partial charge in [0.2, 0.25) is 0 Å². The minimum atomic E-state index is 0.729. The first-order valence-electron chi connectivity index (χ1n) is 3.38. The lowest BCUT2D eigenvalue weighted by Gasteiger charge is -1.95. The van der Waals surface area contributed by atoms with Gasteiger partial charge < -0.3 is 4.57 Å². The van der Waals surface area contributed by atoms with Crippen LogP contribution in [0.3, 0.4) is 0 Å². The van der Waals surface area contributed by atoms with Gasteiger partial charge in [0, 0.05) is 18.4 Å². The Labute approximate surface area is 54.5 Å². The van der Waals surface area contributed by atoms with Gasteiger partial charge >= 0.3 is 0 Å². The quantitative estimate of drug-likeness (QED) is 0.508. The van der Waals surface area contributed by atoms with Gasteiger partial charge in [-0.15, -0.1) is 0 Å². The first kappa shape index (κ1) is 5.03. The molecule has 1 aromatic heterocycles. The van der Waals surface area contributed by atoms with E-state index in [-0.39, 0.29) is 0 Å². The summed E-state index contributed by atoms with van der Waals surface area (Å²) in [7, 11) is 0. The maximum atomic E-state index is 4.06. The summed E-state index contributed by atoms with van der Waals surface area (Å²) in [5.74, 6) is 0.729. The summed E-state index contributed by atoms with van der Waals surface area (Å²) in [4.78, 5) is 4.06. The minimum absolute atomic E-state index is 0.729. The van der Waals surface area contributed by atoms with Crippen LogP contribution in [0.15, 0.2) is 12.5 Å². The maximum Gasteiger partial charge on any atom is 0.0948 e. The summed E-state index contributed by atoms with van der Waals surface area (Å²) in [5.41, 5.74) is 1.40. The standard InChI is InChI=1S/C7H10N2/c1-6-2-3-9-5-8-4-7(6)9/h4-6H,2-3H2,1H3/t6-/m0/s1. The van der Waals surface area contributed by atoms with Crippen molar-refractivity contribution in [3.8, 4) is 0 Å². The van der Waals surface area contributed by atoms with Crippen molar-refractivity contribution >= 4 is 0 Å². The fourth-order valence-corrected chi connectivity index (χ4v) is 1.41. The monoisotopic (exact) mass is 122 g/mol. The molecule has 2 rings (SSSR count). The summed E-state index contributed by atoms with van der Waals surface area (Å²) in [5, 5.41) is 0. The van der Waals surface area contributed by atoms with Crippen molar-refractivity contribution in [1.29, 1.82) is 0 Å². The predicted octanol–water partition coefficient (Wildman–Crippen LogP) is 1.39. The molecule has 1 atom stereocenters. The molecule has 0 aliphatic carbocycles. The Hall–Kier alpha value is -0.790. The van der Waals surface area contributed by atoms with E-state index in [0.29, 0.717) is 0 Å². The maximum absolute atomic E-state index is 4.06. The molecule has 2 nitrogen and oxygen atoms in total. The molecule has 2 heterocycles. The van der Waals surface area contributed by atoms with Crippen LogP contribution in [0.25, 0.3) is 0 Å². The summed E-state index contributed by atoms with van der Waals surface area (Å²) in [6.07, 6.45) is 5.17. The fourth-order valence-electron chi connectivity index (χ4n) is 1.41. The van der Waals surface area contributed by atoms with E-state index < -0.39 is 0 Å². The third kappa shape index (κ3) is 0.590. The molecule has 0 radical (unpaired) electrons. The van der Waals surface area contributed by atoms with Crippen LogP contribution in [-0.4, -0.2) is 9.55 Å². The molecular formula is C7H10N2. The van der Waals surface area contributed by atoms with Crippen molar-refractivity contribution in [3.63, 3.8) is 0 Å². The van der Waals surface area contributed by atoms with Crippen LogP contribution >= 0.6 is 0 Å². The highest BCUT2D eigenvalue weighted by molar-refractivity contribution is 5.08. The van der Waals surface area contributed by atoms with E-state index in [0.717, 1.165) is 12.5 Å². The Morgan fingerprint density at radius 1 is 1.78 bits per heavy atom. The van der Waals surface area contributed by atoms with Crippen molar-refractivity contribution < 1.29 is 0 Å². The molecule has 1 aliphatic rings. The van der Waals surface area contributed by atoms with Gasteiger partial charge in [0.15, 0.2) is 0 Å². The summed E-state index contributed by atoms with van der Waals surface area (Å²) < 4.78 is 2.23. The summed E-state index contributed by atoms with van der Waals surface area (Å²) in [6.45, 7) is 3.41. The predicted molar refractivity (Wildman–Crippen MR) is 35.3 cm³/mol. The molecule has 0 N–H and O–H groups in total. The van der Waals surface area contributed by atoms with Crippen molar-refractivity contribution in [1.82, 2.24) is 9.55 Å². The highest BCUT2D eigenvalue weighted by Gasteiger charge is 2.16. The van der Waals surface area contributed by atoms with Gasteiger partial charge in [-0.25, -0.2) is 4.98 Å². The van der Waals surface area contributed by atoms with Gasteiger partial charge in [-0.3, -0.25) is 0 Å². The second-order valence-electron chi connectivity index (χ2n) is 2.70. The van der Waals surface area contributed by atoms with Crippen molar-refractivity contribution in [3.05, 3.63) is 18.2 Å². The SMILES string of the molecule is C[C@H]1CCn2cncc21. The van der Waals surface area contributed by atoms with Gasteiger partial charge in [0.1, 0.15) is 0 Å². The second kappa shape index (κ2) is 1.59. The molecule has 1 aromatic rings. The lowest BCUT2D eigenvalue weighted by molar-refractivity contribution is 0.696. The molecule has 0 aromatic carbocycles. The molecule has 0 fully saturated rings. The topological polar surface area (TPSA) is 17.8 Å². The number of hydrogen-bond acceptors (Lipinski definition) is 1. The highest BCUT2D eigenvalue weighted by atomic mass is 15.1. The summed E-state index contributed by atoms with van der Waals surface area (Å²) in [6, 6.07) is 0. The number of fused-ring (bicyclic) bond motifs is 1. The van der Waals surface area contributed by atoms with Crippen LogP contribution in [0.1, 0.15) is 25.0 Å². The Balaban J connectivity index is 2.49. The normalized spacial score (nSPS) is 24.3. The Morgan fingerprint density at radius 2 is 2.67 bits per heavy atom. The van der Waals surface area contributed by atoms with Gasteiger partial charge in [-0.05, 0) is 12.3 Å². The van der Waals surface area contributed by atoms with Gasteiger partial charge in [-0.1, -0.05) is 6.92 Å². The van der Waals surface area contributed by atoms with Crippen molar-refractivity contribution in [2.45, 2.75) is 25.8 Å². The van der Waals surface area contributed by atoms with Crippen LogP contribution in [-0.2, 0) is 6.54 Å². The van der Waals surface area contributed by atoms with Crippen LogP contribution in [0.2, 0.25) is 0 Å². The van der Waals surface area contributed by atoms with E-state index in [1.165, 1.54) is 12.1 Å². The lowest BCUT2D eigenvalue weighted by Crippen LogP contribution is -1.87. The van der Waals surface area contributed by atoms with E-state index in [2.05, 4.69) is 16.5 Å². The molecule has 2 heteroatoms. The molecule has 1 aliphatic heterocycles. The first-order chi connectivity index (χ1) is 4.38. The third-order valence-electron chi connectivity index (χ3n) is 2.05. The number of hydrogen-bond donors (Lipinski definition) is 0. The van der Waals surface area contributed by atoms with Crippen LogP contribution in [0, 0.1) is 0 Å². The number of nitrogens with zero attached hydrogens (tertiary/aromatic N) is 2. The zero-order valence-corrected chi connectivity index (χ0v) is 5.54. The van der Waals surface area contributed by atoms with Crippen LogP contribution in [0.5, 0.6) is 0 Å². The van der Waals surface area contributed by atoms with E-state index in [9.17, 15) is 0 Å². The second-order valence-corrected chi connectivity index (χ2v) is 2.70. The molecular weight excluding hydrogens is 112 g/mol. The van der Waals surface area contributed by atoms with Gasteiger partial charge in [-0.2, -0.15) is 0 Å². The number of rotatable bonds is 0. The van der Waals surface area contributed by atoms with Crippen LogP contribution < -0.4 is 0 Å². The zero-order chi connectivity index (χ0) is 6.27. The molecule has 0 bridgehead atoms. The van der Waals surface area contributed by atoms with Crippen molar-refractivity contribution in [2.75, 3.05) is 0 Å². The van der Waals surface area contributed by atoms with E-state index in [1.54, 1.807) is 0 Å². The lowest BCUT2D eigenvalue weighted by atomic mass is 10.1. The van der Waals surface area contributed by atoms with Crippen LogP contribution in [0.4, 0.5) is 0 Å². The number of aromatic nitrogens is 2. The highest BCUT2D eigenvalue weighted by Crippen LogP contribution is 2.25. The third-order valence-corrected chi connectivity index (χ3v) is 2.05. The van der Waals surface area contributed by atoms with E-state index >= 15 is 0 Å². The first-order valence-corrected chi connectivity index (χ1v) is 3.38. The zero-order valence-electron chi connectivity index (χ0n) is 5.54. The average molecular weight is 122 g/mol. The van der Waals surface area contributed by atoms with E-state index in [4.69, 9.17) is 0 Å². The molecule has 0 spiro atoms. The van der Waals surface area contributed by atoms with E-state index in [1.807, 2.05) is 12.5 Å². The fraction of sp³-hybridized carbons (Fsp3) is 0.571. The number of aryl methyl sites for hydroxylation is 1. The Bertz CT molecular complexity index is 214. The Kier molecular flexibility index (Phi) is 0.891. The smallest absolute Gasteiger partial charge is 0.0948 e. The average Bonchev–Trinajstić information content (AvgIpc) is 2.35. The molecule has 9 heavy (non-hydrogen) atoms. The number of imidazole rings is 1. The minimum Gasteiger partial charge on any atom is -0.334 e. The Morgan fingerprint density at radius 3 is 3.44 bits per heavy atom. The molecule has 0 amide bonds. The van der Waals surface area contributed by atoms with Crippen molar-refractivity contribution in [2.24, 2.45) is 0 Å². The molecule has 48 valence electrons. The molecule has 0 saturated heterocycles. The molecule has 0 unspecified atom stereocenters.